The molecule has 1 unspecified atom stereocenters. The minimum absolute atomic E-state index is 0.141. The van der Waals surface area contributed by atoms with Crippen molar-refractivity contribution in [2.45, 2.75) is 18.6 Å². The highest BCUT2D eigenvalue weighted by atomic mass is 19.1. The van der Waals surface area contributed by atoms with E-state index >= 15 is 4.39 Å². The molecule has 0 saturated carbocycles. The number of hydrogen-bond donors (Lipinski definition) is 0. The van der Waals surface area contributed by atoms with Crippen molar-refractivity contribution >= 4 is 5.97 Å². The molecule has 4 rings (SSSR count). The fraction of sp³-hybridized carbons (Fsp3) is 0.217. The average molecular weight is 411 g/mol. The zero-order valence-corrected chi connectivity index (χ0v) is 16.2. The number of benzene rings is 2. The van der Waals surface area contributed by atoms with Gasteiger partial charge in [0.25, 0.3) is 5.56 Å². The van der Waals surface area contributed by atoms with Gasteiger partial charge in [-0.2, -0.15) is 0 Å². The van der Waals surface area contributed by atoms with Gasteiger partial charge in [-0.25, -0.2) is 13.6 Å². The van der Waals surface area contributed by atoms with Crippen LogP contribution in [0.5, 0.6) is 0 Å². The van der Waals surface area contributed by atoms with Crippen molar-refractivity contribution < 1.29 is 23.0 Å². The van der Waals surface area contributed by atoms with Gasteiger partial charge in [0.2, 0.25) is 0 Å². The normalized spacial score (nSPS) is 18.0. The summed E-state index contributed by atoms with van der Waals surface area (Å²) in [6, 6.07) is 13.7. The number of carbonyl (C=O) groups excluding carboxylic acids is 1. The van der Waals surface area contributed by atoms with Crippen molar-refractivity contribution in [3.05, 3.63) is 105 Å². The molecular formula is C23H19F2NO4. The summed E-state index contributed by atoms with van der Waals surface area (Å²) >= 11 is 0. The van der Waals surface area contributed by atoms with E-state index in [2.05, 4.69) is 4.74 Å². The van der Waals surface area contributed by atoms with Crippen LogP contribution in [0.15, 0.2) is 65.6 Å². The van der Waals surface area contributed by atoms with Crippen LogP contribution in [0, 0.1) is 11.6 Å². The van der Waals surface area contributed by atoms with E-state index in [4.69, 9.17) is 4.74 Å². The molecule has 0 amide bonds. The second kappa shape index (κ2) is 7.84. The maximum absolute atomic E-state index is 15.1. The molecule has 3 aromatic rings. The number of ether oxygens (including phenoxy) is 2. The number of halogens is 2. The van der Waals surface area contributed by atoms with E-state index in [1.54, 1.807) is 36.4 Å². The molecule has 0 N–H and O–H groups in total. The largest absolute Gasteiger partial charge is 0.465 e. The van der Waals surface area contributed by atoms with Crippen molar-refractivity contribution in [1.29, 1.82) is 0 Å². The molecule has 1 atom stereocenters. The predicted molar refractivity (Wildman–Crippen MR) is 105 cm³/mol. The molecule has 5 nitrogen and oxygen atoms in total. The number of hydrogen-bond acceptors (Lipinski definition) is 4. The monoisotopic (exact) mass is 411 g/mol. The number of aromatic nitrogens is 1. The molecule has 1 fully saturated rings. The van der Waals surface area contributed by atoms with Gasteiger partial charge in [-0.1, -0.05) is 24.3 Å². The lowest BCUT2D eigenvalue weighted by Gasteiger charge is -2.42. The van der Waals surface area contributed by atoms with Gasteiger partial charge in [-0.15, -0.1) is 0 Å². The smallest absolute Gasteiger partial charge is 0.337 e. The van der Waals surface area contributed by atoms with Gasteiger partial charge in [0.1, 0.15) is 11.4 Å². The molecule has 1 aliphatic heterocycles. The molecule has 7 heteroatoms. The second-order valence-corrected chi connectivity index (χ2v) is 7.10. The van der Waals surface area contributed by atoms with Crippen molar-refractivity contribution in [2.75, 3.05) is 13.7 Å². The molecule has 1 aliphatic rings. The predicted octanol–water partition coefficient (Wildman–Crippen LogP) is 3.63. The van der Waals surface area contributed by atoms with E-state index < -0.39 is 28.8 Å². The zero-order chi connectivity index (χ0) is 21.3. The summed E-state index contributed by atoms with van der Waals surface area (Å²) in [6.07, 6.45) is 2.01. The van der Waals surface area contributed by atoms with E-state index in [0.717, 1.165) is 5.56 Å². The quantitative estimate of drug-likeness (QED) is 0.602. The van der Waals surface area contributed by atoms with Crippen LogP contribution in [0.3, 0.4) is 0 Å². The lowest BCUT2D eigenvalue weighted by molar-refractivity contribution is -0.125. The molecular weight excluding hydrogens is 392 g/mol. The fourth-order valence-corrected chi connectivity index (χ4v) is 3.66. The van der Waals surface area contributed by atoms with Crippen LogP contribution in [-0.2, 0) is 21.6 Å². The summed E-state index contributed by atoms with van der Waals surface area (Å²) in [5.74, 6) is -1.75. The highest BCUT2D eigenvalue weighted by molar-refractivity contribution is 5.89. The lowest BCUT2D eigenvalue weighted by atomic mass is 9.80. The van der Waals surface area contributed by atoms with Gasteiger partial charge >= 0.3 is 5.97 Å². The lowest BCUT2D eigenvalue weighted by Crippen LogP contribution is -2.44. The van der Waals surface area contributed by atoms with E-state index in [1.165, 1.54) is 36.1 Å². The fourth-order valence-electron chi connectivity index (χ4n) is 3.66. The summed E-state index contributed by atoms with van der Waals surface area (Å²) < 4.78 is 40.0. The molecule has 0 radical (unpaired) electrons. The average Bonchev–Trinajstić information content (AvgIpc) is 2.73. The highest BCUT2D eigenvalue weighted by Crippen LogP contribution is 2.44. The summed E-state index contributed by atoms with van der Waals surface area (Å²) in [6.45, 7) is 0.564. The number of methoxy groups -OCH3 is 1. The topological polar surface area (TPSA) is 57.5 Å². The first-order valence-electron chi connectivity index (χ1n) is 9.41. The number of esters is 1. The van der Waals surface area contributed by atoms with E-state index in [9.17, 15) is 14.0 Å². The minimum Gasteiger partial charge on any atom is -0.465 e. The summed E-state index contributed by atoms with van der Waals surface area (Å²) in [5.41, 5.74) is -0.00427. The van der Waals surface area contributed by atoms with Crippen molar-refractivity contribution in [3.63, 3.8) is 0 Å². The summed E-state index contributed by atoms with van der Waals surface area (Å²) in [4.78, 5) is 24.2. The molecule has 1 aromatic heterocycles. The van der Waals surface area contributed by atoms with Crippen molar-refractivity contribution in [2.24, 2.45) is 0 Å². The zero-order valence-electron chi connectivity index (χ0n) is 16.2. The first-order valence-corrected chi connectivity index (χ1v) is 9.41. The maximum Gasteiger partial charge on any atom is 0.337 e. The van der Waals surface area contributed by atoms with E-state index in [0.29, 0.717) is 24.2 Å². The SMILES string of the molecule is COC(=O)c1ccc(Cn2ccc(C3(c4ccc(F)cc4)CCO3)c(F)c2=O)cc1. The molecule has 0 spiro atoms. The summed E-state index contributed by atoms with van der Waals surface area (Å²) in [7, 11) is 1.30. The minimum atomic E-state index is -1.09. The molecule has 1 saturated heterocycles. The summed E-state index contributed by atoms with van der Waals surface area (Å²) in [5, 5.41) is 0. The molecule has 30 heavy (non-hydrogen) atoms. The Hall–Kier alpha value is -3.32. The maximum atomic E-state index is 15.1. The third kappa shape index (κ3) is 3.41. The molecule has 0 bridgehead atoms. The number of carbonyl (C=O) groups is 1. The Morgan fingerprint density at radius 3 is 2.33 bits per heavy atom. The molecule has 2 heterocycles. The van der Waals surface area contributed by atoms with Crippen LogP contribution in [0.2, 0.25) is 0 Å². The van der Waals surface area contributed by atoms with Gasteiger partial charge < -0.3 is 14.0 Å². The third-order valence-electron chi connectivity index (χ3n) is 5.38. The van der Waals surface area contributed by atoms with Crippen molar-refractivity contribution in [1.82, 2.24) is 4.57 Å². The first-order chi connectivity index (χ1) is 14.4. The molecule has 154 valence electrons. The van der Waals surface area contributed by atoms with Crippen LogP contribution in [0.4, 0.5) is 8.78 Å². The van der Waals surface area contributed by atoms with Crippen LogP contribution in [0.25, 0.3) is 0 Å². The van der Waals surface area contributed by atoms with E-state index in [1.807, 2.05) is 0 Å². The first kappa shape index (κ1) is 20.0. The van der Waals surface area contributed by atoms with Gasteiger partial charge in [0, 0.05) is 18.2 Å². The van der Waals surface area contributed by atoms with Crippen molar-refractivity contribution in [3.8, 4) is 0 Å². The highest BCUT2D eigenvalue weighted by Gasteiger charge is 2.44. The molecule has 0 aliphatic carbocycles. The van der Waals surface area contributed by atoms with Gasteiger partial charge in [-0.05, 0) is 41.5 Å². The Kier molecular flexibility index (Phi) is 5.22. The Morgan fingerprint density at radius 1 is 1.10 bits per heavy atom. The number of rotatable bonds is 5. The van der Waals surface area contributed by atoms with Gasteiger partial charge in [0.15, 0.2) is 5.82 Å². The third-order valence-corrected chi connectivity index (χ3v) is 5.38. The van der Waals surface area contributed by atoms with Crippen LogP contribution in [-0.4, -0.2) is 24.3 Å². The van der Waals surface area contributed by atoms with E-state index in [-0.39, 0.29) is 12.1 Å². The second-order valence-electron chi connectivity index (χ2n) is 7.10. The van der Waals surface area contributed by atoms with Crippen LogP contribution < -0.4 is 5.56 Å². The Bertz CT molecular complexity index is 1130. The Balaban J connectivity index is 1.64. The standard InChI is InChI=1S/C23H19F2NO4/c1-29-22(28)16-4-2-15(3-5-16)14-26-12-10-19(20(25)21(26)27)23(11-13-30-23)17-6-8-18(24)9-7-17/h2-10,12H,11,13-14H2,1H3. The van der Waals surface area contributed by atoms with Crippen LogP contribution >= 0.6 is 0 Å². The molecule has 2 aromatic carbocycles. The number of pyridine rings is 1. The van der Waals surface area contributed by atoms with Gasteiger partial charge in [-0.3, -0.25) is 4.79 Å². The number of nitrogens with zero attached hydrogens (tertiary/aromatic N) is 1. The Labute approximate surface area is 171 Å². The van der Waals surface area contributed by atoms with Crippen LogP contribution in [0.1, 0.15) is 33.5 Å². The van der Waals surface area contributed by atoms with Gasteiger partial charge in [0.05, 0.1) is 25.8 Å². The Morgan fingerprint density at radius 2 is 1.77 bits per heavy atom.